The van der Waals surface area contributed by atoms with Gasteiger partial charge in [-0.05, 0) is 0 Å². The number of nitrogens with zero attached hydrogens (tertiary/aromatic N) is 2. The van der Waals surface area contributed by atoms with Crippen molar-refractivity contribution >= 4 is 23.9 Å². The van der Waals surface area contributed by atoms with E-state index in [0.717, 1.165) is 9.80 Å². The lowest BCUT2D eigenvalue weighted by Gasteiger charge is -2.28. The first kappa shape index (κ1) is 44.0. The first-order chi connectivity index (χ1) is 9.20. The van der Waals surface area contributed by atoms with Gasteiger partial charge in [-0.25, -0.2) is 0 Å². The molecule has 16 heteroatoms. The maximum absolute atomic E-state index is 10.4. The Kier molecular flexibility index (Phi) is 39.0. The molecule has 0 saturated carbocycles. The minimum Gasteiger partial charge on any atom is -1.00 e. The molecule has 0 atom stereocenters. The normalized spacial score (nSPS) is 8.23. The number of rotatable bonds is 11. The fraction of sp³-hybridized carbons (Fsp3) is 0.600. The molecule has 0 aromatic carbocycles. The van der Waals surface area contributed by atoms with Gasteiger partial charge in [0.25, 0.3) is 0 Å². The molecule has 26 heavy (non-hydrogen) atoms. The van der Waals surface area contributed by atoms with Crippen LogP contribution in [0.4, 0.5) is 0 Å². The summed E-state index contributed by atoms with van der Waals surface area (Å²) in [5.74, 6) is -6.12. The van der Waals surface area contributed by atoms with Gasteiger partial charge < -0.3 is 87.3 Å². The molecule has 0 radical (unpaired) electrons. The monoisotopic (exact) mass is 457 g/mol. The third-order valence-electron chi connectivity index (χ3n) is 2.14. The van der Waals surface area contributed by atoms with Crippen LogP contribution >= 0.6 is 0 Å². The zero-order valence-corrected chi connectivity index (χ0v) is 17.4. The van der Waals surface area contributed by atoms with Crippen LogP contribution in [0.3, 0.4) is 0 Å². The van der Waals surface area contributed by atoms with Crippen LogP contribution in [0.2, 0.25) is 0 Å². The van der Waals surface area contributed by atoms with Crippen LogP contribution in [-0.2, 0) is 19.2 Å². The van der Waals surface area contributed by atoms with Gasteiger partial charge in [0.1, 0.15) is 0 Å². The second kappa shape index (κ2) is 23.1. The van der Waals surface area contributed by atoms with Crippen molar-refractivity contribution in [1.29, 1.82) is 0 Å². The number of carboxylic acid groups (broad SMARTS) is 4. The van der Waals surface area contributed by atoms with Crippen molar-refractivity contribution in [1.82, 2.24) is 40.6 Å². The van der Waals surface area contributed by atoms with Gasteiger partial charge in [-0.3, -0.25) is 9.80 Å². The molecular formula is C10H32BrN7O8. The second-order valence-electron chi connectivity index (χ2n) is 3.91. The minimum atomic E-state index is -1.53. The molecule has 0 rings (SSSR count). The Morgan fingerprint density at radius 2 is 0.654 bits per heavy atom. The zero-order valence-electron chi connectivity index (χ0n) is 15.8. The van der Waals surface area contributed by atoms with Gasteiger partial charge in [-0.2, -0.15) is 0 Å². The van der Waals surface area contributed by atoms with Crippen molar-refractivity contribution in [3.63, 3.8) is 0 Å². The Morgan fingerprint density at radius 3 is 0.769 bits per heavy atom. The average molecular weight is 458 g/mol. The number of hydrogen-bond acceptors (Lipinski definition) is 10. The third-order valence-corrected chi connectivity index (χ3v) is 2.14. The van der Waals surface area contributed by atoms with E-state index < -0.39 is 50.1 Å². The van der Waals surface area contributed by atoms with Gasteiger partial charge in [0.05, 0.1) is 23.9 Å². The Bertz CT molecular complexity index is 334. The van der Waals surface area contributed by atoms with Crippen LogP contribution in [0, 0.1) is 0 Å². The first-order valence-electron chi connectivity index (χ1n) is 5.44. The lowest BCUT2D eigenvalue weighted by atomic mass is 10.4. The summed E-state index contributed by atoms with van der Waals surface area (Å²) >= 11 is 0. The third kappa shape index (κ3) is 27.0. The molecule has 0 unspecified atom stereocenters. The molecule has 20 N–H and O–H groups in total. The predicted octanol–water partition coefficient (Wildman–Crippen LogP) is -8.53. The van der Waals surface area contributed by atoms with Gasteiger partial charge in [0.15, 0.2) is 0 Å². The van der Waals surface area contributed by atoms with Crippen LogP contribution < -0.4 is 68.2 Å². The molecule has 0 saturated heterocycles. The fourth-order valence-electron chi connectivity index (χ4n) is 1.44. The number of carboxylic acids is 4. The molecule has 0 aromatic rings. The molecule has 162 valence electrons. The molecule has 15 nitrogen and oxygen atoms in total. The molecule has 0 heterocycles. The Hall–Kier alpha value is -1.92. The summed E-state index contributed by atoms with van der Waals surface area (Å²) in [5, 5.41) is 41.6. The number of carbonyl (C=O) groups is 4. The molecule has 0 aliphatic carbocycles. The summed E-state index contributed by atoms with van der Waals surface area (Å²) in [5.41, 5.74) is 0. The summed E-state index contributed by atoms with van der Waals surface area (Å²) in [6.45, 7) is -3.25. The van der Waals surface area contributed by atoms with E-state index in [1.807, 2.05) is 0 Å². The Balaban J connectivity index is -0.000000120. The zero-order chi connectivity index (χ0) is 15.7. The van der Waals surface area contributed by atoms with Crippen LogP contribution in [0.1, 0.15) is 0 Å². The van der Waals surface area contributed by atoms with Crippen molar-refractivity contribution in [3.05, 3.63) is 0 Å². The summed E-state index contributed by atoms with van der Waals surface area (Å²) in [6, 6.07) is 0. The van der Waals surface area contributed by atoms with Crippen LogP contribution in [0.5, 0.6) is 0 Å². The molecule has 0 spiro atoms. The standard InChI is InChI=1S/C10H16N2O8.BrH.5H3N/c13-7(14)3-11(4-8(15)16)1-2-12(5-9(17)18)6-10(19)20;;;;;;/h1-6H2,(H,13,14)(H,15,16)(H,17,18)(H,19,20);1H;5*1H3. The second-order valence-corrected chi connectivity index (χ2v) is 3.91. The molecular weight excluding hydrogens is 426 g/mol. The van der Waals surface area contributed by atoms with Gasteiger partial charge >= 0.3 is 0 Å². The van der Waals surface area contributed by atoms with E-state index in [4.69, 9.17) is 0 Å². The van der Waals surface area contributed by atoms with E-state index in [1.165, 1.54) is 0 Å². The summed E-state index contributed by atoms with van der Waals surface area (Å²) in [6.07, 6.45) is 0. The van der Waals surface area contributed by atoms with Crippen molar-refractivity contribution in [2.24, 2.45) is 0 Å². The molecule has 0 bridgehead atoms. The highest BCUT2D eigenvalue weighted by molar-refractivity contribution is 5.71. The van der Waals surface area contributed by atoms with Crippen molar-refractivity contribution in [2.75, 3.05) is 39.3 Å². The number of halogens is 1. The lowest BCUT2D eigenvalue weighted by Crippen LogP contribution is -3.00. The lowest BCUT2D eigenvalue weighted by molar-refractivity contribution is -0.314. The van der Waals surface area contributed by atoms with E-state index in [9.17, 15) is 39.6 Å². The molecule has 0 fully saturated rings. The van der Waals surface area contributed by atoms with Gasteiger partial charge in [-0.15, -0.1) is 0 Å². The average Bonchev–Trinajstić information content (AvgIpc) is 2.22. The predicted molar refractivity (Wildman–Crippen MR) is 82.8 cm³/mol. The van der Waals surface area contributed by atoms with Crippen LogP contribution in [0.15, 0.2) is 0 Å². The SMILES string of the molecule is O=C([O-])CN(CCN(CC(=O)[O-])CC(=O)[O-])CC(=O)[O-].[Br-].[NH4+].[NH4+].[NH4+].[NH4+].[NH4+]. The Labute approximate surface area is 161 Å². The van der Waals surface area contributed by atoms with Gasteiger partial charge in [-0.1, -0.05) is 0 Å². The summed E-state index contributed by atoms with van der Waals surface area (Å²) in [7, 11) is 0. The maximum atomic E-state index is 10.4. The minimum absolute atomic E-state index is 0. The number of quaternary nitrogens is 5. The number of hydrogen-bond donors (Lipinski definition) is 5. The van der Waals surface area contributed by atoms with E-state index >= 15 is 0 Å². The van der Waals surface area contributed by atoms with Crippen molar-refractivity contribution in [2.45, 2.75) is 0 Å². The van der Waals surface area contributed by atoms with E-state index in [0.29, 0.717) is 0 Å². The van der Waals surface area contributed by atoms with Crippen molar-refractivity contribution in [3.8, 4) is 0 Å². The highest BCUT2D eigenvalue weighted by Gasteiger charge is 2.10. The quantitative estimate of drug-likeness (QED) is 0.194. The van der Waals surface area contributed by atoms with Crippen LogP contribution in [-0.4, -0.2) is 72.9 Å². The fourth-order valence-corrected chi connectivity index (χ4v) is 1.44. The highest BCUT2D eigenvalue weighted by Crippen LogP contribution is 1.92. The van der Waals surface area contributed by atoms with E-state index in [2.05, 4.69) is 0 Å². The topological polar surface area (TPSA) is 350 Å². The first-order valence-corrected chi connectivity index (χ1v) is 5.44. The van der Waals surface area contributed by atoms with Gasteiger partial charge in [0.2, 0.25) is 0 Å². The maximum Gasteiger partial charge on any atom is 0.0555 e. The largest absolute Gasteiger partial charge is 1.00 e. The van der Waals surface area contributed by atoms with E-state index in [-0.39, 0.29) is 60.8 Å². The molecule has 0 aromatic heterocycles. The summed E-state index contributed by atoms with van der Waals surface area (Å²) in [4.78, 5) is 43.4. The molecule has 0 amide bonds. The van der Waals surface area contributed by atoms with Crippen LogP contribution in [0.25, 0.3) is 0 Å². The van der Waals surface area contributed by atoms with Crippen molar-refractivity contribution < 1.29 is 56.6 Å². The Morgan fingerprint density at radius 1 is 0.500 bits per heavy atom. The highest BCUT2D eigenvalue weighted by atomic mass is 79.9. The smallest absolute Gasteiger partial charge is 0.0555 e. The van der Waals surface area contributed by atoms with Gasteiger partial charge in [0, 0.05) is 39.3 Å². The molecule has 0 aliphatic rings. The number of carbonyl (C=O) groups excluding carboxylic acids is 4. The summed E-state index contributed by atoms with van der Waals surface area (Å²) < 4.78 is 0. The molecule has 0 aliphatic heterocycles. The number of aliphatic carboxylic acids is 4. The van der Waals surface area contributed by atoms with E-state index in [1.54, 1.807) is 0 Å².